The quantitative estimate of drug-likeness (QED) is 0.697. The molecule has 1 rings (SSSR count). The van der Waals surface area contributed by atoms with Crippen LogP contribution in [0.25, 0.3) is 0 Å². The molecule has 1 aromatic rings. The van der Waals surface area contributed by atoms with Crippen molar-refractivity contribution >= 4 is 11.6 Å². The summed E-state index contributed by atoms with van der Waals surface area (Å²) >= 11 is 5.54. The van der Waals surface area contributed by atoms with Crippen LogP contribution in [0.5, 0.6) is 0 Å². The van der Waals surface area contributed by atoms with Crippen LogP contribution >= 0.6 is 11.6 Å². The number of halogens is 1. The topological polar surface area (TPSA) is 33.1 Å². The Bertz CT molecular complexity index is 210. The molecule has 0 saturated heterocycles. The van der Waals surface area contributed by atoms with E-state index in [-0.39, 0.29) is 6.61 Å². The molecule has 0 spiro atoms. The van der Waals surface area contributed by atoms with Gasteiger partial charge in [-0.25, -0.2) is 0 Å². The zero-order valence-electron chi connectivity index (χ0n) is 6.13. The van der Waals surface area contributed by atoms with E-state index in [1.165, 1.54) is 0 Å². The van der Waals surface area contributed by atoms with Gasteiger partial charge in [0.15, 0.2) is 0 Å². The Hall–Kier alpha value is -0.600. The number of aromatic nitrogens is 1. The maximum absolute atomic E-state index is 8.59. The van der Waals surface area contributed by atoms with Crippen LogP contribution in [0.15, 0.2) is 18.3 Å². The highest BCUT2D eigenvalue weighted by atomic mass is 35.5. The van der Waals surface area contributed by atoms with Crippen molar-refractivity contribution in [2.75, 3.05) is 6.61 Å². The maximum atomic E-state index is 8.59. The molecular weight excluding hydrogens is 162 g/mol. The lowest BCUT2D eigenvalue weighted by atomic mass is 10.2. The van der Waals surface area contributed by atoms with E-state index in [2.05, 4.69) is 4.98 Å². The number of aliphatic hydroxyl groups excluding tert-OH is 1. The molecule has 1 heterocycles. The predicted molar refractivity (Wildman–Crippen MR) is 44.6 cm³/mol. The van der Waals surface area contributed by atoms with Crippen LogP contribution in [0.4, 0.5) is 0 Å². The Morgan fingerprint density at radius 2 is 2.27 bits per heavy atom. The van der Waals surface area contributed by atoms with Gasteiger partial charge < -0.3 is 5.11 Å². The van der Waals surface area contributed by atoms with E-state index < -0.39 is 0 Å². The molecule has 0 amide bonds. The predicted octanol–water partition coefficient (Wildman–Crippen LogP) is 1.36. The number of hydrogen-bond acceptors (Lipinski definition) is 2. The molecule has 0 fully saturated rings. The smallest absolute Gasteiger partial charge is 0.0647 e. The van der Waals surface area contributed by atoms with Crippen LogP contribution in [0, 0.1) is 0 Å². The zero-order valence-corrected chi connectivity index (χ0v) is 6.88. The molecule has 3 heteroatoms. The van der Waals surface area contributed by atoms with Gasteiger partial charge in [0.1, 0.15) is 0 Å². The third-order valence-corrected chi connectivity index (χ3v) is 1.70. The highest BCUT2D eigenvalue weighted by molar-refractivity contribution is 6.16. The van der Waals surface area contributed by atoms with Crippen molar-refractivity contribution in [3.8, 4) is 0 Å². The fourth-order valence-electron chi connectivity index (χ4n) is 0.811. The Balaban J connectivity index is 2.66. The summed E-state index contributed by atoms with van der Waals surface area (Å²) in [6.45, 7) is 0.169. The molecule has 0 aliphatic carbocycles. The lowest BCUT2D eigenvalue weighted by molar-refractivity contribution is 0.299. The summed E-state index contributed by atoms with van der Waals surface area (Å²) < 4.78 is 0. The highest BCUT2D eigenvalue weighted by Crippen LogP contribution is 2.02. The van der Waals surface area contributed by atoms with Crippen molar-refractivity contribution in [1.29, 1.82) is 0 Å². The van der Waals surface area contributed by atoms with E-state index >= 15 is 0 Å². The Morgan fingerprint density at radius 1 is 1.45 bits per heavy atom. The van der Waals surface area contributed by atoms with Gasteiger partial charge >= 0.3 is 0 Å². The van der Waals surface area contributed by atoms with Crippen molar-refractivity contribution in [3.05, 3.63) is 29.6 Å². The molecule has 1 aromatic heterocycles. The van der Waals surface area contributed by atoms with Gasteiger partial charge in [-0.1, -0.05) is 6.07 Å². The van der Waals surface area contributed by atoms with Crippen LogP contribution in [0.3, 0.4) is 0 Å². The van der Waals surface area contributed by atoms with E-state index in [1.807, 2.05) is 12.1 Å². The van der Waals surface area contributed by atoms with Crippen molar-refractivity contribution in [1.82, 2.24) is 4.98 Å². The first kappa shape index (κ1) is 8.50. The number of alkyl halides is 1. The molecule has 0 unspecified atom stereocenters. The molecule has 0 aromatic carbocycles. The highest BCUT2D eigenvalue weighted by Gasteiger charge is 1.93. The van der Waals surface area contributed by atoms with Crippen molar-refractivity contribution in [2.24, 2.45) is 0 Å². The number of aliphatic hydroxyl groups is 1. The van der Waals surface area contributed by atoms with Gasteiger partial charge in [-0.15, -0.1) is 11.6 Å². The van der Waals surface area contributed by atoms with Gasteiger partial charge in [0.2, 0.25) is 0 Å². The second kappa shape index (κ2) is 4.31. The monoisotopic (exact) mass is 171 g/mol. The normalized spacial score (nSPS) is 10.0. The summed E-state index contributed by atoms with van der Waals surface area (Å²) in [6, 6.07) is 3.80. The number of hydrogen-bond donors (Lipinski definition) is 1. The van der Waals surface area contributed by atoms with Crippen LogP contribution in [-0.4, -0.2) is 16.7 Å². The second-order valence-corrected chi connectivity index (χ2v) is 2.53. The van der Waals surface area contributed by atoms with E-state index in [0.717, 1.165) is 11.3 Å². The van der Waals surface area contributed by atoms with Gasteiger partial charge in [-0.2, -0.15) is 0 Å². The molecule has 0 saturated carbocycles. The van der Waals surface area contributed by atoms with E-state index in [9.17, 15) is 0 Å². The largest absolute Gasteiger partial charge is 0.396 e. The Morgan fingerprint density at radius 3 is 2.73 bits per heavy atom. The average Bonchev–Trinajstić information content (AvgIpc) is 2.07. The summed E-state index contributed by atoms with van der Waals surface area (Å²) in [5.41, 5.74) is 1.91. The van der Waals surface area contributed by atoms with E-state index in [4.69, 9.17) is 16.7 Å². The first-order valence-corrected chi connectivity index (χ1v) is 4.01. The van der Waals surface area contributed by atoms with Crippen LogP contribution in [0.1, 0.15) is 11.3 Å². The molecule has 1 N–H and O–H groups in total. The van der Waals surface area contributed by atoms with Crippen molar-refractivity contribution in [3.63, 3.8) is 0 Å². The Labute approximate surface area is 70.8 Å². The third-order valence-electron chi connectivity index (χ3n) is 1.42. The first-order valence-electron chi connectivity index (χ1n) is 3.47. The average molecular weight is 172 g/mol. The number of rotatable bonds is 3. The molecule has 0 atom stereocenters. The molecule has 60 valence electrons. The fourth-order valence-corrected chi connectivity index (χ4v) is 0.969. The molecular formula is C8H10ClNO. The number of pyridine rings is 1. The summed E-state index contributed by atoms with van der Waals surface area (Å²) in [6.07, 6.45) is 2.41. The van der Waals surface area contributed by atoms with E-state index in [1.54, 1.807) is 6.20 Å². The summed E-state index contributed by atoms with van der Waals surface area (Å²) in [4.78, 5) is 4.07. The van der Waals surface area contributed by atoms with Gasteiger partial charge in [-0.3, -0.25) is 4.98 Å². The Kier molecular flexibility index (Phi) is 3.33. The third kappa shape index (κ3) is 2.48. The summed E-state index contributed by atoms with van der Waals surface area (Å²) in [5, 5.41) is 8.59. The van der Waals surface area contributed by atoms with Gasteiger partial charge in [0, 0.05) is 12.8 Å². The van der Waals surface area contributed by atoms with Gasteiger partial charge in [-0.05, 0) is 18.1 Å². The molecule has 0 radical (unpaired) electrons. The fraction of sp³-hybridized carbons (Fsp3) is 0.375. The van der Waals surface area contributed by atoms with Crippen molar-refractivity contribution < 1.29 is 5.11 Å². The SMILES string of the molecule is OCCc1ccc(CCl)nc1. The van der Waals surface area contributed by atoms with Crippen LogP contribution < -0.4 is 0 Å². The summed E-state index contributed by atoms with van der Waals surface area (Å²) in [5.74, 6) is 0.444. The minimum atomic E-state index is 0.169. The van der Waals surface area contributed by atoms with Crippen LogP contribution in [0.2, 0.25) is 0 Å². The zero-order chi connectivity index (χ0) is 8.10. The van der Waals surface area contributed by atoms with Gasteiger partial charge in [0.25, 0.3) is 0 Å². The molecule has 0 aliphatic rings. The van der Waals surface area contributed by atoms with Crippen molar-refractivity contribution in [2.45, 2.75) is 12.3 Å². The lowest BCUT2D eigenvalue weighted by Crippen LogP contribution is -1.92. The molecule has 0 bridgehead atoms. The minimum Gasteiger partial charge on any atom is -0.396 e. The van der Waals surface area contributed by atoms with Gasteiger partial charge in [0.05, 0.1) is 11.6 Å². The first-order chi connectivity index (χ1) is 5.36. The van der Waals surface area contributed by atoms with Crippen LogP contribution in [-0.2, 0) is 12.3 Å². The molecule has 11 heavy (non-hydrogen) atoms. The standard InChI is InChI=1S/C8H10ClNO/c9-5-8-2-1-7(3-4-11)6-10-8/h1-2,6,11H,3-5H2. The second-order valence-electron chi connectivity index (χ2n) is 2.27. The van der Waals surface area contributed by atoms with E-state index in [0.29, 0.717) is 12.3 Å². The lowest BCUT2D eigenvalue weighted by Gasteiger charge is -1.97. The minimum absolute atomic E-state index is 0.169. The number of nitrogens with zero attached hydrogens (tertiary/aromatic N) is 1. The maximum Gasteiger partial charge on any atom is 0.0647 e. The molecule has 0 aliphatic heterocycles. The summed E-state index contributed by atoms with van der Waals surface area (Å²) in [7, 11) is 0. The molecule has 2 nitrogen and oxygen atoms in total.